The minimum Gasteiger partial charge on any atom is -0.469 e. The molecule has 0 aliphatic heterocycles. The van der Waals surface area contributed by atoms with E-state index < -0.39 is 0 Å². The smallest absolute Gasteiger partial charge is 0.237 e. The molecule has 0 radical (unpaired) electrons. The molecule has 0 bridgehead atoms. The molecule has 0 saturated heterocycles. The van der Waals surface area contributed by atoms with Gasteiger partial charge in [-0.15, -0.1) is 10.2 Å². The number of carbonyl (C=O) groups is 1. The second kappa shape index (κ2) is 7.83. The average Bonchev–Trinajstić information content (AvgIpc) is 3.20. The van der Waals surface area contributed by atoms with Crippen molar-refractivity contribution in [2.24, 2.45) is 7.05 Å². The van der Waals surface area contributed by atoms with Crippen molar-refractivity contribution < 1.29 is 9.21 Å². The highest BCUT2D eigenvalue weighted by Gasteiger charge is 2.21. The Morgan fingerprint density at radius 3 is 2.43 bits per heavy atom. The molecule has 7 heteroatoms. The van der Waals surface area contributed by atoms with Crippen LogP contribution in [0.2, 0.25) is 0 Å². The first-order valence-electron chi connectivity index (χ1n) is 9.18. The molecular formula is C21H26N4O2S. The van der Waals surface area contributed by atoms with E-state index in [-0.39, 0.29) is 16.6 Å². The van der Waals surface area contributed by atoms with E-state index >= 15 is 0 Å². The van der Waals surface area contributed by atoms with Crippen LogP contribution in [-0.4, -0.2) is 25.9 Å². The highest BCUT2D eigenvalue weighted by atomic mass is 32.2. The zero-order chi connectivity index (χ0) is 20.5. The monoisotopic (exact) mass is 398 g/mol. The van der Waals surface area contributed by atoms with Gasteiger partial charge in [-0.1, -0.05) is 44.7 Å². The fourth-order valence-electron chi connectivity index (χ4n) is 2.78. The molecule has 6 nitrogen and oxygen atoms in total. The molecule has 0 saturated carbocycles. The zero-order valence-electron chi connectivity index (χ0n) is 17.1. The van der Waals surface area contributed by atoms with Crippen molar-refractivity contribution in [2.75, 3.05) is 5.32 Å². The lowest BCUT2D eigenvalue weighted by molar-refractivity contribution is -0.115. The first kappa shape index (κ1) is 20.2. The van der Waals surface area contributed by atoms with Gasteiger partial charge in [0.1, 0.15) is 5.76 Å². The number of nitrogens with zero attached hydrogens (tertiary/aromatic N) is 3. The van der Waals surface area contributed by atoms with Crippen molar-refractivity contribution in [3.05, 3.63) is 47.9 Å². The summed E-state index contributed by atoms with van der Waals surface area (Å²) in [4.78, 5) is 12.6. The number of aryl methyl sites for hydroxylation is 1. The number of rotatable bonds is 5. The van der Waals surface area contributed by atoms with E-state index in [2.05, 4.69) is 48.4 Å². The first-order valence-corrected chi connectivity index (χ1v) is 10.1. The van der Waals surface area contributed by atoms with Crippen molar-refractivity contribution >= 4 is 23.4 Å². The Hall–Kier alpha value is -2.54. The van der Waals surface area contributed by atoms with Crippen molar-refractivity contribution in [3.63, 3.8) is 0 Å². The Kier molecular flexibility index (Phi) is 5.65. The number of thioether (sulfide) groups is 1. The number of benzene rings is 1. The predicted molar refractivity (Wildman–Crippen MR) is 113 cm³/mol. The molecule has 1 amide bonds. The topological polar surface area (TPSA) is 72.9 Å². The maximum Gasteiger partial charge on any atom is 0.237 e. The summed E-state index contributed by atoms with van der Waals surface area (Å²) in [5.74, 6) is 1.44. The lowest BCUT2D eigenvalue weighted by Gasteiger charge is -2.19. The Morgan fingerprint density at radius 1 is 1.18 bits per heavy atom. The summed E-state index contributed by atoms with van der Waals surface area (Å²) in [6, 6.07) is 9.85. The summed E-state index contributed by atoms with van der Waals surface area (Å²) in [6.07, 6.45) is 1.63. The van der Waals surface area contributed by atoms with Crippen LogP contribution in [0.15, 0.2) is 46.2 Å². The molecule has 1 atom stereocenters. The molecule has 0 aliphatic rings. The van der Waals surface area contributed by atoms with E-state index in [9.17, 15) is 4.79 Å². The Balaban J connectivity index is 1.66. The Labute approximate surface area is 169 Å². The zero-order valence-corrected chi connectivity index (χ0v) is 17.9. The summed E-state index contributed by atoms with van der Waals surface area (Å²) in [6.45, 7) is 10.2. The highest BCUT2D eigenvalue weighted by Crippen LogP contribution is 2.28. The van der Waals surface area contributed by atoms with E-state index in [1.54, 1.807) is 6.26 Å². The van der Waals surface area contributed by atoms with Gasteiger partial charge < -0.3 is 14.3 Å². The van der Waals surface area contributed by atoms with Crippen LogP contribution in [0.1, 0.15) is 39.0 Å². The third-order valence-electron chi connectivity index (χ3n) is 4.60. The van der Waals surface area contributed by atoms with Gasteiger partial charge in [-0.05, 0) is 43.0 Å². The Bertz CT molecular complexity index is 967. The highest BCUT2D eigenvalue weighted by molar-refractivity contribution is 8.00. The minimum absolute atomic E-state index is 0.0717. The van der Waals surface area contributed by atoms with Gasteiger partial charge in [-0.3, -0.25) is 4.79 Å². The van der Waals surface area contributed by atoms with Crippen LogP contribution >= 0.6 is 11.8 Å². The fraction of sp³-hybridized carbons (Fsp3) is 0.381. The van der Waals surface area contributed by atoms with Gasteiger partial charge in [0.2, 0.25) is 5.91 Å². The van der Waals surface area contributed by atoms with Crippen molar-refractivity contribution in [3.8, 4) is 11.4 Å². The predicted octanol–water partition coefficient (Wildman–Crippen LogP) is 4.80. The standard InChI is InChI=1S/C21H26N4O2S/c1-13-17(11-12-27-13)18-23-24-20(25(18)6)28-14(2)19(26)22-16-9-7-15(8-10-16)21(3,4)5/h7-12,14H,1-6H3,(H,22,26)/t14-/m1/s1. The molecule has 0 unspecified atom stereocenters. The van der Waals surface area contributed by atoms with E-state index in [1.165, 1.54) is 17.3 Å². The summed E-state index contributed by atoms with van der Waals surface area (Å²) >= 11 is 1.38. The molecular weight excluding hydrogens is 372 g/mol. The van der Waals surface area contributed by atoms with Gasteiger partial charge >= 0.3 is 0 Å². The largest absolute Gasteiger partial charge is 0.469 e. The van der Waals surface area contributed by atoms with Crippen LogP contribution in [0.5, 0.6) is 0 Å². The SMILES string of the molecule is Cc1occc1-c1nnc(S[C@H](C)C(=O)Nc2ccc(C(C)(C)C)cc2)n1C. The molecule has 148 valence electrons. The van der Waals surface area contributed by atoms with Gasteiger partial charge in [0.25, 0.3) is 0 Å². The van der Waals surface area contributed by atoms with E-state index in [0.29, 0.717) is 5.16 Å². The Morgan fingerprint density at radius 2 is 1.86 bits per heavy atom. The number of carbonyl (C=O) groups excluding carboxylic acids is 1. The molecule has 0 spiro atoms. The quantitative estimate of drug-likeness (QED) is 0.625. The van der Waals surface area contributed by atoms with Gasteiger partial charge in [0, 0.05) is 12.7 Å². The van der Waals surface area contributed by atoms with Crippen LogP contribution in [0.25, 0.3) is 11.4 Å². The molecule has 3 aromatic rings. The van der Waals surface area contributed by atoms with E-state index in [4.69, 9.17) is 4.42 Å². The van der Waals surface area contributed by atoms with Crippen LogP contribution in [0.4, 0.5) is 5.69 Å². The summed E-state index contributed by atoms with van der Waals surface area (Å²) in [5, 5.41) is 11.8. The number of amides is 1. The van der Waals surface area contributed by atoms with Crippen LogP contribution in [-0.2, 0) is 17.3 Å². The lowest BCUT2D eigenvalue weighted by atomic mass is 9.87. The number of hydrogen-bond acceptors (Lipinski definition) is 5. The maximum absolute atomic E-state index is 12.6. The third kappa shape index (κ3) is 4.30. The summed E-state index contributed by atoms with van der Waals surface area (Å²) < 4.78 is 7.23. The maximum atomic E-state index is 12.6. The van der Waals surface area contributed by atoms with Crippen molar-refractivity contribution in [2.45, 2.75) is 50.4 Å². The molecule has 1 N–H and O–H groups in total. The fourth-order valence-corrected chi connectivity index (χ4v) is 3.59. The molecule has 0 fully saturated rings. The first-order chi connectivity index (χ1) is 13.2. The third-order valence-corrected chi connectivity index (χ3v) is 5.74. The number of aromatic nitrogens is 3. The molecule has 2 heterocycles. The molecule has 28 heavy (non-hydrogen) atoms. The second-order valence-corrected chi connectivity index (χ2v) is 9.14. The molecule has 2 aromatic heterocycles. The van der Waals surface area contributed by atoms with Crippen molar-refractivity contribution in [1.82, 2.24) is 14.8 Å². The van der Waals surface area contributed by atoms with Gasteiger partial charge in [0.05, 0.1) is 17.1 Å². The number of furan rings is 1. The lowest BCUT2D eigenvalue weighted by Crippen LogP contribution is -2.23. The molecule has 1 aromatic carbocycles. The number of anilines is 1. The van der Waals surface area contributed by atoms with Crippen LogP contribution in [0, 0.1) is 6.92 Å². The number of hydrogen-bond donors (Lipinski definition) is 1. The molecule has 0 aliphatic carbocycles. The van der Waals surface area contributed by atoms with Gasteiger partial charge in [0.15, 0.2) is 11.0 Å². The minimum atomic E-state index is -0.316. The van der Waals surface area contributed by atoms with Crippen LogP contribution < -0.4 is 5.32 Å². The van der Waals surface area contributed by atoms with E-state index in [0.717, 1.165) is 22.8 Å². The van der Waals surface area contributed by atoms with E-state index in [1.807, 2.05) is 43.7 Å². The van der Waals surface area contributed by atoms with Gasteiger partial charge in [-0.25, -0.2) is 0 Å². The van der Waals surface area contributed by atoms with Crippen LogP contribution in [0.3, 0.4) is 0 Å². The average molecular weight is 399 g/mol. The molecule has 3 rings (SSSR count). The summed E-state index contributed by atoms with van der Waals surface area (Å²) in [5.41, 5.74) is 3.01. The number of nitrogens with one attached hydrogen (secondary N) is 1. The summed E-state index contributed by atoms with van der Waals surface area (Å²) in [7, 11) is 1.89. The normalized spacial score (nSPS) is 12.8. The second-order valence-electron chi connectivity index (χ2n) is 7.83. The van der Waals surface area contributed by atoms with Gasteiger partial charge in [-0.2, -0.15) is 0 Å². The van der Waals surface area contributed by atoms with Crippen molar-refractivity contribution in [1.29, 1.82) is 0 Å².